The summed E-state index contributed by atoms with van der Waals surface area (Å²) in [5.74, 6) is 0. The molecule has 0 radical (unpaired) electrons. The van der Waals surface area contributed by atoms with E-state index in [0.29, 0.717) is 12.2 Å². The van der Waals surface area contributed by atoms with Gasteiger partial charge in [-0.3, -0.25) is 0 Å². The van der Waals surface area contributed by atoms with Crippen LogP contribution in [0.25, 0.3) is 0 Å². The summed E-state index contributed by atoms with van der Waals surface area (Å²) in [4.78, 5) is 4.91. The van der Waals surface area contributed by atoms with E-state index in [-0.39, 0.29) is 0 Å². The van der Waals surface area contributed by atoms with Gasteiger partial charge in [-0.15, -0.1) is 0 Å². The van der Waals surface area contributed by atoms with Gasteiger partial charge in [0.05, 0.1) is 6.17 Å². The van der Waals surface area contributed by atoms with Gasteiger partial charge in [-0.25, -0.2) is 0 Å². The number of hydrogen-bond acceptors (Lipinski definition) is 2. The third kappa shape index (κ3) is 4.91. The van der Waals surface area contributed by atoms with E-state index in [9.17, 15) is 0 Å². The van der Waals surface area contributed by atoms with Crippen LogP contribution in [0.4, 0.5) is 0 Å². The minimum Gasteiger partial charge on any atom is -0.356 e. The second kappa shape index (κ2) is 8.44. The molecule has 0 aromatic rings. The monoisotopic (exact) mass is 252 g/mol. The summed E-state index contributed by atoms with van der Waals surface area (Å²) < 4.78 is 0. The molecule has 2 heteroatoms. The van der Waals surface area contributed by atoms with Crippen molar-refractivity contribution >= 4 is 0 Å². The average molecular weight is 252 g/mol. The minimum atomic E-state index is 0.546. The molecular weight excluding hydrogens is 220 g/mol. The molecular formula is C16H32N2. The summed E-state index contributed by atoms with van der Waals surface area (Å²) in [5.41, 5.74) is 0. The number of unbranched alkanes of at least 4 members (excludes halogenated alkanes) is 6. The standard InChI is InChI=1S/C16H32N2/c1-5-6-7-8-9-10-11-12-17-13-14-18(15(2)3)16(17)4/h13-16H,5-12H2,1-4H3. The lowest BCUT2D eigenvalue weighted by Crippen LogP contribution is -2.39. The van der Waals surface area contributed by atoms with Crippen LogP contribution in [0.5, 0.6) is 0 Å². The molecule has 0 aromatic carbocycles. The van der Waals surface area contributed by atoms with Crippen LogP contribution in [-0.2, 0) is 0 Å². The fraction of sp³-hybridized carbons (Fsp3) is 0.875. The minimum absolute atomic E-state index is 0.546. The molecule has 106 valence electrons. The normalized spacial score (nSPS) is 19.3. The molecule has 1 aliphatic rings. The van der Waals surface area contributed by atoms with Crippen LogP contribution in [0.1, 0.15) is 72.6 Å². The summed E-state index contributed by atoms with van der Waals surface area (Å²) in [5, 5.41) is 0. The van der Waals surface area contributed by atoms with Crippen molar-refractivity contribution in [1.29, 1.82) is 0 Å². The van der Waals surface area contributed by atoms with Crippen LogP contribution < -0.4 is 0 Å². The Hall–Kier alpha value is -0.660. The van der Waals surface area contributed by atoms with Crippen LogP contribution in [0, 0.1) is 0 Å². The van der Waals surface area contributed by atoms with Crippen molar-refractivity contribution in [3.8, 4) is 0 Å². The predicted molar refractivity (Wildman–Crippen MR) is 80.3 cm³/mol. The Balaban J connectivity index is 2.05. The molecule has 1 rings (SSSR count). The quantitative estimate of drug-likeness (QED) is 0.554. The van der Waals surface area contributed by atoms with Crippen molar-refractivity contribution in [1.82, 2.24) is 9.80 Å². The summed E-state index contributed by atoms with van der Waals surface area (Å²) in [6.45, 7) is 10.3. The number of nitrogens with zero attached hydrogens (tertiary/aromatic N) is 2. The SMILES string of the molecule is CCCCCCCCCN1C=CN(C(C)C)C1C. The van der Waals surface area contributed by atoms with Gasteiger partial charge in [0.1, 0.15) is 0 Å². The number of rotatable bonds is 9. The summed E-state index contributed by atoms with van der Waals surface area (Å²) in [7, 11) is 0. The second-order valence-corrected chi connectivity index (χ2v) is 5.83. The molecule has 1 unspecified atom stereocenters. The van der Waals surface area contributed by atoms with Crippen molar-refractivity contribution in [2.45, 2.75) is 84.8 Å². The lowest BCUT2D eigenvalue weighted by molar-refractivity contribution is 0.141. The zero-order valence-electron chi connectivity index (χ0n) is 12.9. The Morgan fingerprint density at radius 1 is 0.944 bits per heavy atom. The predicted octanol–water partition coefficient (Wildman–Crippen LogP) is 4.58. The first-order valence-corrected chi connectivity index (χ1v) is 7.88. The zero-order valence-corrected chi connectivity index (χ0v) is 12.9. The van der Waals surface area contributed by atoms with Crippen molar-refractivity contribution < 1.29 is 0 Å². The third-order valence-corrected chi connectivity index (χ3v) is 3.96. The Kier molecular flexibility index (Phi) is 7.22. The number of hydrogen-bond donors (Lipinski definition) is 0. The fourth-order valence-electron chi connectivity index (χ4n) is 2.70. The van der Waals surface area contributed by atoms with Crippen LogP contribution in [0.3, 0.4) is 0 Å². The fourth-order valence-corrected chi connectivity index (χ4v) is 2.70. The molecule has 18 heavy (non-hydrogen) atoms. The second-order valence-electron chi connectivity index (χ2n) is 5.83. The first kappa shape index (κ1) is 15.4. The molecule has 0 amide bonds. The van der Waals surface area contributed by atoms with Gasteiger partial charge < -0.3 is 9.80 Å². The van der Waals surface area contributed by atoms with Gasteiger partial charge in [-0.2, -0.15) is 0 Å². The molecule has 0 bridgehead atoms. The molecule has 0 aliphatic carbocycles. The largest absolute Gasteiger partial charge is 0.356 e. The van der Waals surface area contributed by atoms with E-state index in [2.05, 4.69) is 49.9 Å². The van der Waals surface area contributed by atoms with Crippen LogP contribution in [-0.4, -0.2) is 28.6 Å². The van der Waals surface area contributed by atoms with E-state index in [0.717, 1.165) is 0 Å². The molecule has 0 aromatic heterocycles. The zero-order chi connectivity index (χ0) is 13.4. The van der Waals surface area contributed by atoms with Gasteiger partial charge in [0, 0.05) is 25.0 Å². The molecule has 1 atom stereocenters. The van der Waals surface area contributed by atoms with Crippen LogP contribution >= 0.6 is 0 Å². The smallest absolute Gasteiger partial charge is 0.0980 e. The molecule has 0 spiro atoms. The van der Waals surface area contributed by atoms with E-state index >= 15 is 0 Å². The van der Waals surface area contributed by atoms with E-state index < -0.39 is 0 Å². The highest BCUT2D eigenvalue weighted by atomic mass is 15.4. The van der Waals surface area contributed by atoms with Gasteiger partial charge in [0.2, 0.25) is 0 Å². The third-order valence-electron chi connectivity index (χ3n) is 3.96. The Morgan fingerprint density at radius 2 is 1.56 bits per heavy atom. The van der Waals surface area contributed by atoms with Crippen LogP contribution in [0.15, 0.2) is 12.4 Å². The van der Waals surface area contributed by atoms with Gasteiger partial charge in [-0.1, -0.05) is 45.4 Å². The highest BCUT2D eigenvalue weighted by molar-refractivity contribution is 4.96. The van der Waals surface area contributed by atoms with Crippen molar-refractivity contribution in [3.05, 3.63) is 12.4 Å². The maximum Gasteiger partial charge on any atom is 0.0980 e. The molecule has 0 fully saturated rings. The summed E-state index contributed by atoms with van der Waals surface area (Å²) >= 11 is 0. The maximum atomic E-state index is 2.48. The van der Waals surface area contributed by atoms with Gasteiger partial charge in [0.25, 0.3) is 0 Å². The highest BCUT2D eigenvalue weighted by Gasteiger charge is 2.22. The molecule has 0 N–H and O–H groups in total. The van der Waals surface area contributed by atoms with Gasteiger partial charge in [0.15, 0.2) is 0 Å². The Morgan fingerprint density at radius 3 is 2.11 bits per heavy atom. The Labute approximate surface area is 114 Å². The van der Waals surface area contributed by atoms with Crippen molar-refractivity contribution in [2.75, 3.05) is 6.54 Å². The summed E-state index contributed by atoms with van der Waals surface area (Å²) in [6.07, 6.45) is 14.8. The van der Waals surface area contributed by atoms with Gasteiger partial charge >= 0.3 is 0 Å². The lowest BCUT2D eigenvalue weighted by Gasteiger charge is -2.32. The molecule has 2 nitrogen and oxygen atoms in total. The highest BCUT2D eigenvalue weighted by Crippen LogP contribution is 2.19. The first-order chi connectivity index (χ1) is 8.66. The molecule has 0 saturated carbocycles. The van der Waals surface area contributed by atoms with Gasteiger partial charge in [-0.05, 0) is 27.2 Å². The molecule has 0 saturated heterocycles. The summed E-state index contributed by atoms with van der Waals surface area (Å²) in [6, 6.07) is 0.607. The lowest BCUT2D eigenvalue weighted by atomic mass is 10.1. The van der Waals surface area contributed by atoms with E-state index in [1.807, 2.05) is 0 Å². The van der Waals surface area contributed by atoms with Crippen molar-refractivity contribution in [2.24, 2.45) is 0 Å². The maximum absolute atomic E-state index is 2.48. The van der Waals surface area contributed by atoms with E-state index in [4.69, 9.17) is 0 Å². The topological polar surface area (TPSA) is 6.48 Å². The molecule has 1 heterocycles. The van der Waals surface area contributed by atoms with Crippen LogP contribution in [0.2, 0.25) is 0 Å². The van der Waals surface area contributed by atoms with E-state index in [1.165, 1.54) is 51.5 Å². The first-order valence-electron chi connectivity index (χ1n) is 7.88. The van der Waals surface area contributed by atoms with E-state index in [1.54, 1.807) is 0 Å². The van der Waals surface area contributed by atoms with Crippen molar-refractivity contribution in [3.63, 3.8) is 0 Å². The average Bonchev–Trinajstić information content (AvgIpc) is 2.70. The molecule has 1 aliphatic heterocycles. The Bertz CT molecular complexity index is 235.